The van der Waals surface area contributed by atoms with Crippen molar-refractivity contribution >= 4 is 11.8 Å². The van der Waals surface area contributed by atoms with Gasteiger partial charge in [-0.05, 0) is 37.5 Å². The third-order valence-corrected chi connectivity index (χ3v) is 3.66. The predicted molar refractivity (Wildman–Crippen MR) is 87.9 cm³/mol. The minimum absolute atomic E-state index is 0.345. The lowest BCUT2D eigenvalue weighted by Crippen LogP contribution is -2.25. The summed E-state index contributed by atoms with van der Waals surface area (Å²) in [5.74, 6) is 1.93. The number of aliphatic imine (C=N–C) groups is 1. The van der Waals surface area contributed by atoms with E-state index in [-0.39, 0.29) is 0 Å². The van der Waals surface area contributed by atoms with Gasteiger partial charge < -0.3 is 15.8 Å². The summed E-state index contributed by atoms with van der Waals surface area (Å²) in [5, 5.41) is 2.97. The van der Waals surface area contributed by atoms with Gasteiger partial charge in [-0.15, -0.1) is 0 Å². The average molecular weight is 296 g/mol. The molecule has 1 fully saturated rings. The van der Waals surface area contributed by atoms with Crippen LogP contribution in [0.5, 0.6) is 5.75 Å². The van der Waals surface area contributed by atoms with Crippen molar-refractivity contribution in [1.29, 1.82) is 0 Å². The number of hydrogen-bond donors (Lipinski definition) is 2. The minimum Gasteiger partial charge on any atom is -0.490 e. The average Bonchev–Trinajstić information content (AvgIpc) is 2.51. The molecule has 0 spiro atoms. The summed E-state index contributed by atoms with van der Waals surface area (Å²) in [5.41, 5.74) is 6.94. The van der Waals surface area contributed by atoms with Crippen LogP contribution < -0.4 is 15.8 Å². The number of nitrogens with two attached hydrogens (primary N) is 1. The van der Waals surface area contributed by atoms with Crippen LogP contribution >= 0.6 is 0 Å². The summed E-state index contributed by atoms with van der Waals surface area (Å²) < 4.78 is 5.99. The van der Waals surface area contributed by atoms with Gasteiger partial charge in [-0.2, -0.15) is 0 Å². The number of hydrogen-bond acceptors (Lipinski definition) is 3. The molecule has 1 aliphatic rings. The molecule has 114 valence electrons. The van der Waals surface area contributed by atoms with Crippen molar-refractivity contribution in [2.45, 2.75) is 31.9 Å². The Balaban J connectivity index is 1.63. The molecular formula is C17H20N4O. The molecule has 0 saturated heterocycles. The van der Waals surface area contributed by atoms with Gasteiger partial charge in [0.15, 0.2) is 5.96 Å². The first kappa shape index (κ1) is 14.4. The van der Waals surface area contributed by atoms with E-state index in [4.69, 9.17) is 10.5 Å². The molecule has 1 aromatic carbocycles. The van der Waals surface area contributed by atoms with E-state index in [1.54, 1.807) is 6.20 Å². The second-order valence-corrected chi connectivity index (χ2v) is 5.32. The zero-order valence-corrected chi connectivity index (χ0v) is 12.4. The first-order valence-corrected chi connectivity index (χ1v) is 7.54. The van der Waals surface area contributed by atoms with E-state index in [0.717, 1.165) is 24.2 Å². The van der Waals surface area contributed by atoms with Crippen LogP contribution in [0.1, 0.15) is 24.8 Å². The van der Waals surface area contributed by atoms with Gasteiger partial charge in [-0.1, -0.05) is 24.3 Å². The highest BCUT2D eigenvalue weighted by molar-refractivity contribution is 5.91. The molecule has 0 radical (unpaired) electrons. The molecule has 3 rings (SSSR count). The number of rotatable bonds is 5. The molecule has 1 saturated carbocycles. The number of para-hydroxylation sites is 1. The van der Waals surface area contributed by atoms with E-state index in [0.29, 0.717) is 24.4 Å². The van der Waals surface area contributed by atoms with Crippen LogP contribution in [-0.4, -0.2) is 17.0 Å². The van der Waals surface area contributed by atoms with Gasteiger partial charge in [0.05, 0.1) is 12.6 Å². The third-order valence-electron chi connectivity index (χ3n) is 3.66. The van der Waals surface area contributed by atoms with Crippen molar-refractivity contribution in [2.75, 3.05) is 5.32 Å². The quantitative estimate of drug-likeness (QED) is 0.657. The number of ether oxygens (including phenoxy) is 1. The lowest BCUT2D eigenvalue weighted by Gasteiger charge is -2.27. The largest absolute Gasteiger partial charge is 0.490 e. The first-order chi connectivity index (χ1) is 10.8. The van der Waals surface area contributed by atoms with Crippen molar-refractivity contribution in [2.24, 2.45) is 10.7 Å². The smallest absolute Gasteiger partial charge is 0.194 e. The molecule has 2 aromatic rings. The highest BCUT2D eigenvalue weighted by Crippen LogP contribution is 2.27. The van der Waals surface area contributed by atoms with Crippen molar-refractivity contribution < 1.29 is 4.74 Å². The Morgan fingerprint density at radius 3 is 2.77 bits per heavy atom. The summed E-state index contributed by atoms with van der Waals surface area (Å²) in [7, 11) is 0. The van der Waals surface area contributed by atoms with Gasteiger partial charge in [-0.25, -0.2) is 9.98 Å². The maximum Gasteiger partial charge on any atom is 0.194 e. The molecule has 0 amide bonds. The molecule has 1 aromatic heterocycles. The Hall–Kier alpha value is -2.56. The van der Waals surface area contributed by atoms with Gasteiger partial charge >= 0.3 is 0 Å². The number of pyridine rings is 1. The van der Waals surface area contributed by atoms with Crippen LogP contribution in [0, 0.1) is 0 Å². The fraction of sp³-hybridized carbons (Fsp3) is 0.294. The third kappa shape index (κ3) is 3.75. The Bertz CT molecular complexity index is 638. The molecule has 22 heavy (non-hydrogen) atoms. The molecule has 1 heterocycles. The van der Waals surface area contributed by atoms with Crippen LogP contribution in [0.15, 0.2) is 53.7 Å². The number of nitrogens with one attached hydrogen (secondary N) is 1. The van der Waals surface area contributed by atoms with Gasteiger partial charge in [0, 0.05) is 11.8 Å². The van der Waals surface area contributed by atoms with Gasteiger partial charge in [0.2, 0.25) is 0 Å². The normalized spacial score (nSPS) is 15.2. The van der Waals surface area contributed by atoms with E-state index in [1.165, 1.54) is 6.42 Å². The topological polar surface area (TPSA) is 72.5 Å². The lowest BCUT2D eigenvalue weighted by molar-refractivity contribution is 0.119. The molecule has 3 N–H and O–H groups in total. The molecule has 0 aliphatic heterocycles. The molecule has 5 heteroatoms. The van der Waals surface area contributed by atoms with E-state index in [1.807, 2.05) is 42.5 Å². The zero-order valence-electron chi connectivity index (χ0n) is 12.4. The second-order valence-electron chi connectivity index (χ2n) is 5.32. The van der Waals surface area contributed by atoms with Gasteiger partial charge in [0.25, 0.3) is 0 Å². The van der Waals surface area contributed by atoms with E-state index < -0.39 is 0 Å². The SMILES string of the molecule is NC(=NCc1ccccc1OC1CCC1)Nc1ccccn1. The van der Waals surface area contributed by atoms with E-state index in [2.05, 4.69) is 15.3 Å². The summed E-state index contributed by atoms with van der Waals surface area (Å²) in [6, 6.07) is 13.6. The monoisotopic (exact) mass is 296 g/mol. The number of nitrogens with zero attached hydrogens (tertiary/aromatic N) is 2. The summed E-state index contributed by atoms with van der Waals surface area (Å²) in [4.78, 5) is 8.52. The highest BCUT2D eigenvalue weighted by Gasteiger charge is 2.19. The lowest BCUT2D eigenvalue weighted by atomic mass is 9.96. The van der Waals surface area contributed by atoms with E-state index in [9.17, 15) is 0 Å². The maximum atomic E-state index is 5.99. The molecule has 0 unspecified atom stereocenters. The van der Waals surface area contributed by atoms with Crippen molar-refractivity contribution in [3.63, 3.8) is 0 Å². The maximum absolute atomic E-state index is 5.99. The fourth-order valence-corrected chi connectivity index (χ4v) is 2.20. The second kappa shape index (κ2) is 6.93. The Kier molecular flexibility index (Phi) is 4.53. The summed E-state index contributed by atoms with van der Waals surface area (Å²) >= 11 is 0. The number of guanidine groups is 1. The van der Waals surface area contributed by atoms with Crippen molar-refractivity contribution in [3.8, 4) is 5.75 Å². The highest BCUT2D eigenvalue weighted by atomic mass is 16.5. The van der Waals surface area contributed by atoms with Crippen LogP contribution in [0.3, 0.4) is 0 Å². The summed E-state index contributed by atoms with van der Waals surface area (Å²) in [6.07, 6.45) is 5.60. The van der Waals surface area contributed by atoms with Crippen LogP contribution in [0.4, 0.5) is 5.82 Å². The number of anilines is 1. The first-order valence-electron chi connectivity index (χ1n) is 7.54. The fourth-order valence-electron chi connectivity index (χ4n) is 2.20. The minimum atomic E-state index is 0.345. The molecule has 0 bridgehead atoms. The van der Waals surface area contributed by atoms with Crippen molar-refractivity contribution in [1.82, 2.24) is 4.98 Å². The Labute approximate surface area is 130 Å². The molecule has 1 aliphatic carbocycles. The van der Waals surface area contributed by atoms with Gasteiger partial charge in [-0.3, -0.25) is 0 Å². The Morgan fingerprint density at radius 1 is 1.23 bits per heavy atom. The summed E-state index contributed by atoms with van der Waals surface area (Å²) in [6.45, 7) is 0.481. The predicted octanol–water partition coefficient (Wildman–Crippen LogP) is 2.94. The molecule has 5 nitrogen and oxygen atoms in total. The standard InChI is InChI=1S/C17H20N4O/c18-17(21-16-10-3-4-11-19-16)20-12-13-6-1-2-9-15(13)22-14-7-5-8-14/h1-4,6,9-11,14H,5,7-8,12H2,(H3,18,19,20,21). The van der Waals surface area contributed by atoms with Gasteiger partial charge in [0.1, 0.15) is 11.6 Å². The number of benzene rings is 1. The van der Waals surface area contributed by atoms with E-state index >= 15 is 0 Å². The Morgan fingerprint density at radius 2 is 2.05 bits per heavy atom. The van der Waals surface area contributed by atoms with Crippen molar-refractivity contribution in [3.05, 3.63) is 54.2 Å². The van der Waals surface area contributed by atoms with Crippen LogP contribution in [0.25, 0.3) is 0 Å². The van der Waals surface area contributed by atoms with Crippen LogP contribution in [0.2, 0.25) is 0 Å². The zero-order chi connectivity index (χ0) is 15.2. The number of aromatic nitrogens is 1. The van der Waals surface area contributed by atoms with Crippen LogP contribution in [-0.2, 0) is 6.54 Å². The molecule has 0 atom stereocenters. The molecular weight excluding hydrogens is 276 g/mol.